The summed E-state index contributed by atoms with van der Waals surface area (Å²) in [4.78, 5) is 22.3. The monoisotopic (exact) mass is 234 g/mol. The van der Waals surface area contributed by atoms with E-state index in [4.69, 9.17) is 9.84 Å². The van der Waals surface area contributed by atoms with Crippen LogP contribution in [0.1, 0.15) is 28.4 Å². The van der Waals surface area contributed by atoms with Crippen molar-refractivity contribution < 1.29 is 19.4 Å². The third-order valence-electron chi connectivity index (χ3n) is 2.30. The molecule has 0 aliphatic heterocycles. The van der Waals surface area contributed by atoms with Gasteiger partial charge in [-0.2, -0.15) is 0 Å². The van der Waals surface area contributed by atoms with Crippen molar-refractivity contribution in [1.82, 2.24) is 0 Å². The van der Waals surface area contributed by atoms with Crippen LogP contribution in [-0.4, -0.2) is 17.0 Å². The Labute approximate surface area is 99.5 Å². The van der Waals surface area contributed by atoms with Gasteiger partial charge in [-0.25, -0.2) is 9.59 Å². The molecular weight excluding hydrogens is 220 g/mol. The highest BCUT2D eigenvalue weighted by atomic mass is 16.5. The van der Waals surface area contributed by atoms with Crippen LogP contribution in [0.5, 0.6) is 5.75 Å². The minimum absolute atomic E-state index is 0.206. The minimum Gasteiger partial charge on any atom is -0.478 e. The number of hydrogen-bond donors (Lipinski definition) is 1. The van der Waals surface area contributed by atoms with Gasteiger partial charge in [0.1, 0.15) is 5.75 Å². The number of rotatable bonds is 3. The highest BCUT2D eigenvalue weighted by Gasteiger charge is 2.13. The van der Waals surface area contributed by atoms with Crippen molar-refractivity contribution in [3.05, 3.63) is 41.0 Å². The molecule has 0 amide bonds. The first-order chi connectivity index (χ1) is 7.82. The topological polar surface area (TPSA) is 63.6 Å². The number of carboxylic acids is 1. The quantitative estimate of drug-likeness (QED) is 0.495. The fourth-order valence-electron chi connectivity index (χ4n) is 1.32. The molecule has 0 aliphatic carbocycles. The van der Waals surface area contributed by atoms with E-state index in [1.165, 1.54) is 6.07 Å². The zero-order valence-electron chi connectivity index (χ0n) is 10.0. The van der Waals surface area contributed by atoms with Crippen molar-refractivity contribution in [3.63, 3.8) is 0 Å². The Balaban J connectivity index is 3.12. The summed E-state index contributed by atoms with van der Waals surface area (Å²) in [5.74, 6) is -1.15. The van der Waals surface area contributed by atoms with E-state index in [2.05, 4.69) is 6.58 Å². The molecule has 0 heterocycles. The number of aromatic carboxylic acids is 1. The average molecular weight is 234 g/mol. The van der Waals surface area contributed by atoms with Crippen molar-refractivity contribution in [2.75, 3.05) is 0 Å². The van der Waals surface area contributed by atoms with E-state index in [1.54, 1.807) is 26.8 Å². The predicted molar refractivity (Wildman–Crippen MR) is 63.3 cm³/mol. The average Bonchev–Trinajstić information content (AvgIpc) is 2.22. The van der Waals surface area contributed by atoms with Gasteiger partial charge >= 0.3 is 11.9 Å². The first-order valence-electron chi connectivity index (χ1n) is 5.05. The zero-order valence-corrected chi connectivity index (χ0v) is 10.0. The molecule has 0 saturated heterocycles. The molecule has 1 rings (SSSR count). The van der Waals surface area contributed by atoms with E-state index in [1.807, 2.05) is 0 Å². The third kappa shape index (κ3) is 2.93. The number of aryl methyl sites for hydroxylation is 2. The van der Waals surface area contributed by atoms with Gasteiger partial charge in [0.15, 0.2) is 0 Å². The van der Waals surface area contributed by atoms with Gasteiger partial charge in [0, 0.05) is 5.57 Å². The summed E-state index contributed by atoms with van der Waals surface area (Å²) in [6, 6.07) is 3.03. The summed E-state index contributed by atoms with van der Waals surface area (Å²) in [7, 11) is 0. The van der Waals surface area contributed by atoms with E-state index < -0.39 is 11.9 Å². The molecule has 0 fully saturated rings. The molecule has 0 saturated carbocycles. The lowest BCUT2D eigenvalue weighted by molar-refractivity contribution is -0.130. The van der Waals surface area contributed by atoms with Crippen molar-refractivity contribution >= 4 is 11.9 Å². The Morgan fingerprint density at radius 3 is 2.29 bits per heavy atom. The Morgan fingerprint density at radius 2 is 1.82 bits per heavy atom. The molecule has 4 nitrogen and oxygen atoms in total. The van der Waals surface area contributed by atoms with Crippen LogP contribution in [0.15, 0.2) is 24.3 Å². The Morgan fingerprint density at radius 1 is 1.24 bits per heavy atom. The second kappa shape index (κ2) is 4.82. The van der Waals surface area contributed by atoms with Gasteiger partial charge < -0.3 is 9.84 Å². The summed E-state index contributed by atoms with van der Waals surface area (Å²) in [5, 5.41) is 8.93. The number of ether oxygens (including phenoxy) is 1. The van der Waals surface area contributed by atoms with Crippen molar-refractivity contribution in [3.8, 4) is 5.75 Å². The first-order valence-corrected chi connectivity index (χ1v) is 5.05. The molecule has 0 atom stereocenters. The van der Waals surface area contributed by atoms with E-state index in [0.717, 1.165) is 0 Å². The number of hydrogen-bond acceptors (Lipinski definition) is 3. The van der Waals surface area contributed by atoms with Gasteiger partial charge in [-0.05, 0) is 44.0 Å². The maximum absolute atomic E-state index is 11.4. The molecule has 1 N–H and O–H groups in total. The molecule has 4 heteroatoms. The number of carbonyl (C=O) groups excluding carboxylic acids is 1. The number of carboxylic acid groups (broad SMARTS) is 1. The first kappa shape index (κ1) is 13.0. The highest BCUT2D eigenvalue weighted by Crippen LogP contribution is 2.23. The Bertz CT molecular complexity index is 500. The summed E-state index contributed by atoms with van der Waals surface area (Å²) in [6.45, 7) is 8.37. The van der Waals surface area contributed by atoms with Gasteiger partial charge in [-0.15, -0.1) is 0 Å². The van der Waals surface area contributed by atoms with Crippen molar-refractivity contribution in [1.29, 1.82) is 0 Å². The van der Waals surface area contributed by atoms with Gasteiger partial charge in [0.2, 0.25) is 0 Å². The fourth-order valence-corrected chi connectivity index (χ4v) is 1.32. The summed E-state index contributed by atoms with van der Waals surface area (Å²) in [6.07, 6.45) is 0. The zero-order chi connectivity index (χ0) is 13.2. The molecule has 1 aromatic carbocycles. The molecule has 0 unspecified atom stereocenters. The van der Waals surface area contributed by atoms with E-state index in [9.17, 15) is 9.59 Å². The molecule has 1 aromatic rings. The smallest absolute Gasteiger partial charge is 0.338 e. The standard InChI is InChI=1S/C13H14O4/c1-7(2)13(16)17-11-6-8(3)10(12(14)15)5-9(11)4/h5-6H,1H2,2-4H3,(H,14,15). The van der Waals surface area contributed by atoms with Crippen LogP contribution in [0, 0.1) is 13.8 Å². The second-order valence-electron chi connectivity index (χ2n) is 3.91. The van der Waals surface area contributed by atoms with Gasteiger partial charge in [0.25, 0.3) is 0 Å². The minimum atomic E-state index is -0.997. The summed E-state index contributed by atoms with van der Waals surface area (Å²) < 4.78 is 5.09. The predicted octanol–water partition coefficient (Wildman–Crippen LogP) is 2.48. The van der Waals surface area contributed by atoms with E-state index >= 15 is 0 Å². The van der Waals surface area contributed by atoms with Crippen molar-refractivity contribution in [2.45, 2.75) is 20.8 Å². The normalized spacial score (nSPS) is 9.82. The van der Waals surface area contributed by atoms with Crippen LogP contribution in [-0.2, 0) is 4.79 Å². The van der Waals surface area contributed by atoms with Crippen LogP contribution in [0.25, 0.3) is 0 Å². The van der Waals surface area contributed by atoms with E-state index in [0.29, 0.717) is 22.4 Å². The molecule has 17 heavy (non-hydrogen) atoms. The summed E-state index contributed by atoms with van der Waals surface area (Å²) in [5.41, 5.74) is 1.65. The van der Waals surface area contributed by atoms with E-state index in [-0.39, 0.29) is 5.56 Å². The van der Waals surface area contributed by atoms with Gasteiger partial charge in [0.05, 0.1) is 5.56 Å². The molecule has 0 bridgehead atoms. The van der Waals surface area contributed by atoms with Crippen LogP contribution in [0.2, 0.25) is 0 Å². The lowest BCUT2D eigenvalue weighted by Gasteiger charge is -2.10. The van der Waals surface area contributed by atoms with Crippen LogP contribution in [0.4, 0.5) is 0 Å². The molecule has 0 aromatic heterocycles. The molecule has 0 aliphatic rings. The molecule has 0 radical (unpaired) electrons. The van der Waals surface area contributed by atoms with Crippen LogP contribution < -0.4 is 4.74 Å². The molecule has 0 spiro atoms. The van der Waals surface area contributed by atoms with Gasteiger partial charge in [-0.1, -0.05) is 6.58 Å². The lowest BCUT2D eigenvalue weighted by atomic mass is 10.0. The Hall–Kier alpha value is -2.10. The third-order valence-corrected chi connectivity index (χ3v) is 2.30. The van der Waals surface area contributed by atoms with Crippen LogP contribution in [0.3, 0.4) is 0 Å². The number of esters is 1. The Kier molecular flexibility index (Phi) is 3.68. The largest absolute Gasteiger partial charge is 0.478 e. The van der Waals surface area contributed by atoms with Crippen molar-refractivity contribution in [2.24, 2.45) is 0 Å². The maximum Gasteiger partial charge on any atom is 0.338 e. The van der Waals surface area contributed by atoms with Gasteiger partial charge in [-0.3, -0.25) is 0 Å². The van der Waals surface area contributed by atoms with Crippen LogP contribution >= 0.6 is 0 Å². The highest BCUT2D eigenvalue weighted by molar-refractivity contribution is 5.91. The molecular formula is C13H14O4. The number of benzene rings is 1. The number of carbonyl (C=O) groups is 2. The maximum atomic E-state index is 11.4. The lowest BCUT2D eigenvalue weighted by Crippen LogP contribution is -2.10. The SMILES string of the molecule is C=C(C)C(=O)Oc1cc(C)c(C(=O)O)cc1C. The molecule has 90 valence electrons. The fraction of sp³-hybridized carbons (Fsp3) is 0.231. The second-order valence-corrected chi connectivity index (χ2v) is 3.91. The summed E-state index contributed by atoms with van der Waals surface area (Å²) >= 11 is 0.